The first-order chi connectivity index (χ1) is 4.66. The van der Waals surface area contributed by atoms with Crippen LogP contribution in [0.4, 0.5) is 0 Å². The summed E-state index contributed by atoms with van der Waals surface area (Å²) in [6.07, 6.45) is 3.14. The van der Waals surface area contributed by atoms with Gasteiger partial charge in [-0.1, -0.05) is 19.9 Å². The Hall–Kier alpha value is -0.300. The molecule has 0 bridgehead atoms. The minimum Gasteiger partial charge on any atom is -0.311 e. The molecule has 0 heterocycles. The highest BCUT2D eigenvalue weighted by Gasteiger charge is 2.01. The number of rotatable bonds is 5. The average molecular weight is 141 g/mol. The predicted molar refractivity (Wildman–Crippen MR) is 47.1 cm³/mol. The van der Waals surface area contributed by atoms with Crippen LogP contribution in [0.15, 0.2) is 12.7 Å². The molecule has 0 aromatic carbocycles. The molecule has 1 nitrogen and oxygen atoms in total. The first-order valence-electron chi connectivity index (χ1n) is 4.01. The highest BCUT2D eigenvalue weighted by Crippen LogP contribution is 2.02. The summed E-state index contributed by atoms with van der Waals surface area (Å²) < 4.78 is 0. The van der Waals surface area contributed by atoms with Crippen molar-refractivity contribution in [1.82, 2.24) is 5.32 Å². The predicted octanol–water partition coefficient (Wildman–Crippen LogP) is 2.20. The van der Waals surface area contributed by atoms with Gasteiger partial charge in [0.05, 0.1) is 0 Å². The fraction of sp³-hybridized carbons (Fsp3) is 0.778. The van der Waals surface area contributed by atoms with Gasteiger partial charge < -0.3 is 5.32 Å². The third-order valence-corrected chi connectivity index (χ3v) is 1.44. The molecule has 1 atom stereocenters. The van der Waals surface area contributed by atoms with Crippen molar-refractivity contribution in [3.63, 3.8) is 0 Å². The lowest BCUT2D eigenvalue weighted by Gasteiger charge is -2.13. The zero-order valence-electron chi connectivity index (χ0n) is 7.35. The quantitative estimate of drug-likeness (QED) is 0.579. The summed E-state index contributed by atoms with van der Waals surface area (Å²) in [5.74, 6) is 0.785. The van der Waals surface area contributed by atoms with Gasteiger partial charge in [0.2, 0.25) is 0 Å². The molecule has 0 saturated heterocycles. The molecule has 1 heteroatoms. The van der Waals surface area contributed by atoms with E-state index in [9.17, 15) is 0 Å². The Morgan fingerprint density at radius 1 is 1.40 bits per heavy atom. The van der Waals surface area contributed by atoms with Crippen LogP contribution in [0.1, 0.15) is 27.2 Å². The Labute approximate surface area is 64.5 Å². The van der Waals surface area contributed by atoms with E-state index >= 15 is 0 Å². The molecule has 0 saturated carbocycles. The van der Waals surface area contributed by atoms with E-state index in [2.05, 4.69) is 32.7 Å². The number of hydrogen-bond acceptors (Lipinski definition) is 1. The van der Waals surface area contributed by atoms with E-state index in [1.54, 1.807) is 0 Å². The monoisotopic (exact) mass is 141 g/mol. The van der Waals surface area contributed by atoms with Crippen molar-refractivity contribution in [2.24, 2.45) is 5.92 Å². The smallest absolute Gasteiger partial charge is 0.0134 e. The number of hydrogen-bond donors (Lipinski definition) is 1. The highest BCUT2D eigenvalue weighted by molar-refractivity contribution is 4.73. The van der Waals surface area contributed by atoms with Crippen molar-refractivity contribution in [3.8, 4) is 0 Å². The lowest BCUT2D eigenvalue weighted by molar-refractivity contribution is 0.458. The Morgan fingerprint density at radius 2 is 2.00 bits per heavy atom. The Bertz CT molecular complexity index is 86.7. The maximum Gasteiger partial charge on any atom is 0.0134 e. The molecule has 0 fully saturated rings. The average Bonchev–Trinajstić information content (AvgIpc) is 1.82. The van der Waals surface area contributed by atoms with Gasteiger partial charge in [-0.3, -0.25) is 0 Å². The molecule has 0 aromatic rings. The molecule has 0 aliphatic heterocycles. The van der Waals surface area contributed by atoms with E-state index in [1.165, 1.54) is 6.42 Å². The summed E-state index contributed by atoms with van der Waals surface area (Å²) in [5, 5.41) is 3.35. The Morgan fingerprint density at radius 3 is 2.40 bits per heavy atom. The second-order valence-electron chi connectivity index (χ2n) is 3.23. The molecular weight excluding hydrogens is 122 g/mol. The minimum absolute atomic E-state index is 0.623. The van der Waals surface area contributed by atoms with Gasteiger partial charge >= 0.3 is 0 Å². The molecule has 1 N–H and O–H groups in total. The van der Waals surface area contributed by atoms with Gasteiger partial charge in [0.15, 0.2) is 0 Å². The molecule has 0 aliphatic carbocycles. The van der Waals surface area contributed by atoms with Gasteiger partial charge in [0, 0.05) is 12.6 Å². The van der Waals surface area contributed by atoms with Crippen molar-refractivity contribution < 1.29 is 0 Å². The van der Waals surface area contributed by atoms with Crippen LogP contribution >= 0.6 is 0 Å². The van der Waals surface area contributed by atoms with Gasteiger partial charge in [-0.2, -0.15) is 0 Å². The van der Waals surface area contributed by atoms with Crippen LogP contribution in [-0.2, 0) is 0 Å². The van der Waals surface area contributed by atoms with Crippen LogP contribution in [0.5, 0.6) is 0 Å². The molecule has 60 valence electrons. The van der Waals surface area contributed by atoms with Gasteiger partial charge in [0.25, 0.3) is 0 Å². The summed E-state index contributed by atoms with van der Waals surface area (Å²) in [4.78, 5) is 0. The molecule has 0 aromatic heterocycles. The molecule has 0 amide bonds. The third kappa shape index (κ3) is 5.83. The van der Waals surface area contributed by atoms with Crippen LogP contribution in [0.3, 0.4) is 0 Å². The van der Waals surface area contributed by atoms with E-state index in [1.807, 2.05) is 6.08 Å². The van der Waals surface area contributed by atoms with Gasteiger partial charge in [-0.25, -0.2) is 0 Å². The fourth-order valence-electron chi connectivity index (χ4n) is 1.07. The van der Waals surface area contributed by atoms with E-state index in [4.69, 9.17) is 0 Å². The minimum atomic E-state index is 0.623. The van der Waals surface area contributed by atoms with Crippen LogP contribution in [0.2, 0.25) is 0 Å². The van der Waals surface area contributed by atoms with Crippen molar-refractivity contribution >= 4 is 0 Å². The van der Waals surface area contributed by atoms with Crippen molar-refractivity contribution in [1.29, 1.82) is 0 Å². The SMILES string of the molecule is C=CCNC(C)CC(C)C. The third-order valence-electron chi connectivity index (χ3n) is 1.44. The highest BCUT2D eigenvalue weighted by atomic mass is 14.9. The summed E-state index contributed by atoms with van der Waals surface area (Å²) >= 11 is 0. The first-order valence-corrected chi connectivity index (χ1v) is 4.01. The second kappa shape index (κ2) is 5.48. The van der Waals surface area contributed by atoms with Gasteiger partial charge in [-0.15, -0.1) is 6.58 Å². The fourth-order valence-corrected chi connectivity index (χ4v) is 1.07. The van der Waals surface area contributed by atoms with Crippen molar-refractivity contribution in [2.75, 3.05) is 6.54 Å². The molecule has 0 spiro atoms. The lowest BCUT2D eigenvalue weighted by atomic mass is 10.1. The van der Waals surface area contributed by atoms with Gasteiger partial charge in [0.1, 0.15) is 0 Å². The largest absolute Gasteiger partial charge is 0.311 e. The Kier molecular flexibility index (Phi) is 5.32. The molecule has 10 heavy (non-hydrogen) atoms. The maximum atomic E-state index is 3.65. The van der Waals surface area contributed by atoms with E-state index in [-0.39, 0.29) is 0 Å². The Balaban J connectivity index is 3.24. The lowest BCUT2D eigenvalue weighted by Crippen LogP contribution is -2.27. The molecule has 0 radical (unpaired) electrons. The summed E-state index contributed by atoms with van der Waals surface area (Å²) in [6, 6.07) is 0.623. The molecule has 1 unspecified atom stereocenters. The standard InChI is InChI=1S/C9H19N/c1-5-6-10-9(4)7-8(2)3/h5,8-10H,1,6-7H2,2-4H3. The zero-order valence-corrected chi connectivity index (χ0v) is 7.35. The van der Waals surface area contributed by atoms with E-state index < -0.39 is 0 Å². The van der Waals surface area contributed by atoms with Crippen LogP contribution in [-0.4, -0.2) is 12.6 Å². The molecule has 0 rings (SSSR count). The summed E-state index contributed by atoms with van der Waals surface area (Å²) in [6.45, 7) is 11.3. The normalized spacial score (nSPS) is 13.6. The van der Waals surface area contributed by atoms with Gasteiger partial charge in [-0.05, 0) is 19.3 Å². The number of nitrogens with one attached hydrogen (secondary N) is 1. The summed E-state index contributed by atoms with van der Waals surface area (Å²) in [7, 11) is 0. The second-order valence-corrected chi connectivity index (χ2v) is 3.23. The van der Waals surface area contributed by atoms with Crippen LogP contribution in [0, 0.1) is 5.92 Å². The maximum absolute atomic E-state index is 3.65. The molecular formula is C9H19N. The molecule has 0 aliphatic rings. The zero-order chi connectivity index (χ0) is 7.98. The summed E-state index contributed by atoms with van der Waals surface area (Å²) in [5.41, 5.74) is 0. The van der Waals surface area contributed by atoms with E-state index in [0.29, 0.717) is 6.04 Å². The van der Waals surface area contributed by atoms with E-state index in [0.717, 1.165) is 12.5 Å². The topological polar surface area (TPSA) is 12.0 Å². The van der Waals surface area contributed by atoms with Crippen LogP contribution in [0.25, 0.3) is 0 Å². The van der Waals surface area contributed by atoms with Crippen LogP contribution < -0.4 is 5.32 Å². The van der Waals surface area contributed by atoms with Crippen molar-refractivity contribution in [2.45, 2.75) is 33.2 Å². The first kappa shape index (κ1) is 9.70. The van der Waals surface area contributed by atoms with Crippen molar-refractivity contribution in [3.05, 3.63) is 12.7 Å².